The van der Waals surface area contributed by atoms with Crippen molar-refractivity contribution in [3.63, 3.8) is 0 Å². The van der Waals surface area contributed by atoms with Gasteiger partial charge in [0.15, 0.2) is 0 Å². The van der Waals surface area contributed by atoms with E-state index >= 15 is 0 Å². The summed E-state index contributed by atoms with van der Waals surface area (Å²) < 4.78 is 0.697. The van der Waals surface area contributed by atoms with E-state index in [4.69, 9.17) is 10.2 Å². The number of carboxylic acids is 2. The highest BCUT2D eigenvalue weighted by molar-refractivity contribution is 5.72. The van der Waals surface area contributed by atoms with Crippen molar-refractivity contribution in [2.75, 3.05) is 21.1 Å². The quantitative estimate of drug-likeness (QED) is 0.757. The second-order valence-corrected chi connectivity index (χ2v) is 5.75. The average molecular weight is 266 g/mol. The molecule has 0 spiro atoms. The third-order valence-corrected chi connectivity index (χ3v) is 2.48. The van der Waals surface area contributed by atoms with Crippen LogP contribution in [0.15, 0.2) is 18.2 Å². The lowest BCUT2D eigenvalue weighted by atomic mass is 10.0. The van der Waals surface area contributed by atoms with Gasteiger partial charge >= 0.3 is 11.9 Å². The van der Waals surface area contributed by atoms with E-state index in [1.807, 2.05) is 33.3 Å². The maximum atomic E-state index is 10.8. The van der Waals surface area contributed by atoms with E-state index in [2.05, 4.69) is 0 Å². The van der Waals surface area contributed by atoms with Crippen molar-refractivity contribution >= 4 is 11.9 Å². The molecule has 0 heterocycles. The Morgan fingerprint density at radius 2 is 1.26 bits per heavy atom. The third-order valence-electron chi connectivity index (χ3n) is 2.48. The van der Waals surface area contributed by atoms with Crippen LogP contribution in [-0.2, 0) is 29.0 Å². The van der Waals surface area contributed by atoms with Crippen molar-refractivity contribution in [3.8, 4) is 0 Å². The summed E-state index contributed by atoms with van der Waals surface area (Å²) in [6.07, 6.45) is -0.171. The number of rotatable bonds is 6. The summed E-state index contributed by atoms with van der Waals surface area (Å²) >= 11 is 0. The lowest BCUT2D eigenvalue weighted by Crippen LogP contribution is -2.33. The first-order chi connectivity index (χ1) is 8.65. The van der Waals surface area contributed by atoms with Crippen LogP contribution in [0, 0.1) is 0 Å². The highest BCUT2D eigenvalue weighted by Crippen LogP contribution is 2.15. The molecule has 2 N–H and O–H groups in total. The summed E-state index contributed by atoms with van der Waals surface area (Å²) in [5, 5.41) is 17.7. The predicted octanol–water partition coefficient (Wildman–Crippen LogP) is 1.15. The first-order valence-electron chi connectivity index (χ1n) is 6.01. The predicted molar refractivity (Wildman–Crippen MR) is 70.9 cm³/mol. The number of nitrogens with zero attached hydrogens (tertiary/aromatic N) is 1. The van der Waals surface area contributed by atoms with Crippen LogP contribution in [0.4, 0.5) is 0 Å². The Hall–Kier alpha value is -1.88. The van der Waals surface area contributed by atoms with E-state index in [-0.39, 0.29) is 12.8 Å². The summed E-state index contributed by atoms with van der Waals surface area (Å²) in [6, 6.07) is 5.33. The Kier molecular flexibility index (Phi) is 4.67. The van der Waals surface area contributed by atoms with Crippen LogP contribution in [0.1, 0.15) is 16.7 Å². The van der Waals surface area contributed by atoms with Gasteiger partial charge in [-0.1, -0.05) is 6.07 Å². The van der Waals surface area contributed by atoms with Crippen molar-refractivity contribution in [2.24, 2.45) is 0 Å². The van der Waals surface area contributed by atoms with E-state index in [9.17, 15) is 9.59 Å². The largest absolute Gasteiger partial charge is 0.481 e. The zero-order valence-electron chi connectivity index (χ0n) is 11.5. The van der Waals surface area contributed by atoms with Gasteiger partial charge < -0.3 is 14.7 Å². The topological polar surface area (TPSA) is 74.6 Å². The molecule has 1 aromatic carbocycles. The second-order valence-electron chi connectivity index (χ2n) is 5.75. The van der Waals surface area contributed by atoms with Crippen LogP contribution >= 0.6 is 0 Å². The van der Waals surface area contributed by atoms with Gasteiger partial charge in [0.2, 0.25) is 0 Å². The van der Waals surface area contributed by atoms with Gasteiger partial charge in [-0.15, -0.1) is 0 Å². The van der Waals surface area contributed by atoms with Gasteiger partial charge in [-0.05, 0) is 23.3 Å². The highest BCUT2D eigenvalue weighted by atomic mass is 16.4. The lowest BCUT2D eigenvalue weighted by Gasteiger charge is -2.24. The molecule has 19 heavy (non-hydrogen) atoms. The van der Waals surface area contributed by atoms with Crippen LogP contribution < -0.4 is 0 Å². The number of benzene rings is 1. The fourth-order valence-electron chi connectivity index (χ4n) is 2.03. The first-order valence-corrected chi connectivity index (χ1v) is 6.01. The van der Waals surface area contributed by atoms with Crippen molar-refractivity contribution < 1.29 is 24.3 Å². The molecule has 0 saturated carbocycles. The number of carbonyl (C=O) groups is 2. The minimum atomic E-state index is -0.913. The van der Waals surface area contributed by atoms with E-state index in [0.717, 1.165) is 12.1 Å². The summed E-state index contributed by atoms with van der Waals surface area (Å²) in [5.74, 6) is -1.83. The third kappa shape index (κ3) is 6.01. The molecule has 0 aliphatic carbocycles. The van der Waals surface area contributed by atoms with Crippen molar-refractivity contribution in [2.45, 2.75) is 19.4 Å². The Balaban J connectivity index is 3.08. The number of quaternary nitrogens is 1. The molecule has 0 aliphatic heterocycles. The molecule has 5 heteroatoms. The Morgan fingerprint density at radius 1 is 0.895 bits per heavy atom. The first kappa shape index (κ1) is 15.2. The van der Waals surface area contributed by atoms with Crippen molar-refractivity contribution in [3.05, 3.63) is 34.9 Å². The maximum absolute atomic E-state index is 10.8. The summed E-state index contributed by atoms with van der Waals surface area (Å²) in [6.45, 7) is 0.722. The summed E-state index contributed by atoms with van der Waals surface area (Å²) in [4.78, 5) is 21.6. The van der Waals surface area contributed by atoms with Crippen LogP contribution in [0.25, 0.3) is 0 Å². The van der Waals surface area contributed by atoms with E-state index in [1.165, 1.54) is 0 Å². The maximum Gasteiger partial charge on any atom is 0.307 e. The van der Waals surface area contributed by atoms with Crippen molar-refractivity contribution in [1.29, 1.82) is 0 Å². The molecular weight excluding hydrogens is 246 g/mol. The molecule has 5 nitrogen and oxygen atoms in total. The minimum absolute atomic E-state index is 0.0857. The molecule has 0 atom stereocenters. The molecule has 104 valence electrons. The SMILES string of the molecule is C[N+](C)(C)Cc1cc(CC(=O)O)cc(CC(=O)O)c1. The zero-order chi connectivity index (χ0) is 14.6. The minimum Gasteiger partial charge on any atom is -0.481 e. The summed E-state index contributed by atoms with van der Waals surface area (Å²) in [7, 11) is 6.09. The molecule has 0 saturated heterocycles. The average Bonchev–Trinajstić information content (AvgIpc) is 2.10. The molecule has 0 radical (unpaired) electrons. The molecule has 0 aromatic heterocycles. The van der Waals surface area contributed by atoms with Crippen molar-refractivity contribution in [1.82, 2.24) is 0 Å². The van der Waals surface area contributed by atoms with Crippen LogP contribution in [0.3, 0.4) is 0 Å². The Bertz CT molecular complexity index is 454. The van der Waals surface area contributed by atoms with Gasteiger partial charge in [-0.3, -0.25) is 9.59 Å². The summed E-state index contributed by atoms with van der Waals surface area (Å²) in [5.41, 5.74) is 2.26. The fourth-order valence-corrected chi connectivity index (χ4v) is 2.03. The Labute approximate surface area is 112 Å². The number of hydrogen-bond acceptors (Lipinski definition) is 2. The number of hydrogen-bond donors (Lipinski definition) is 2. The van der Waals surface area contributed by atoms with Gasteiger partial charge in [0.05, 0.1) is 34.0 Å². The molecule has 0 aliphatic rings. The molecule has 1 aromatic rings. The molecule has 0 bridgehead atoms. The van der Waals surface area contributed by atoms with Gasteiger partial charge in [-0.25, -0.2) is 0 Å². The molecular formula is C14H20NO4+. The lowest BCUT2D eigenvalue weighted by molar-refractivity contribution is -0.884. The number of aliphatic carboxylic acids is 2. The molecule has 0 fully saturated rings. The van der Waals surface area contributed by atoms with Gasteiger partial charge in [-0.2, -0.15) is 0 Å². The monoisotopic (exact) mass is 266 g/mol. The molecule has 0 unspecified atom stereocenters. The van der Waals surface area contributed by atoms with Gasteiger partial charge in [0.25, 0.3) is 0 Å². The Morgan fingerprint density at radius 3 is 1.58 bits per heavy atom. The van der Waals surface area contributed by atoms with Gasteiger partial charge in [0, 0.05) is 5.56 Å². The standard InChI is InChI=1S/C14H19NO4/c1-15(2,3)9-12-5-10(7-13(16)17)4-11(6-12)8-14(18)19/h4-6H,7-9H2,1-3H3,(H-,16,17,18,19)/p+1. The number of carboxylic acid groups (broad SMARTS) is 2. The smallest absolute Gasteiger partial charge is 0.307 e. The fraction of sp³-hybridized carbons (Fsp3) is 0.429. The van der Waals surface area contributed by atoms with Crippen LogP contribution in [0.2, 0.25) is 0 Å². The molecule has 1 rings (SSSR count). The van der Waals surface area contributed by atoms with Crippen LogP contribution in [-0.4, -0.2) is 47.8 Å². The van der Waals surface area contributed by atoms with E-state index < -0.39 is 11.9 Å². The normalized spacial score (nSPS) is 11.3. The van der Waals surface area contributed by atoms with Crippen LogP contribution in [0.5, 0.6) is 0 Å². The van der Waals surface area contributed by atoms with E-state index in [0.29, 0.717) is 15.6 Å². The second kappa shape index (κ2) is 5.84. The molecule has 0 amide bonds. The van der Waals surface area contributed by atoms with E-state index in [1.54, 1.807) is 6.07 Å². The zero-order valence-corrected chi connectivity index (χ0v) is 11.5. The highest BCUT2D eigenvalue weighted by Gasteiger charge is 2.13. The van der Waals surface area contributed by atoms with Gasteiger partial charge in [0.1, 0.15) is 6.54 Å².